The minimum absolute atomic E-state index is 0.0893. The number of amides is 2. The Kier molecular flexibility index (Phi) is 8.58. The van der Waals surface area contributed by atoms with Crippen molar-refractivity contribution < 1.29 is 14.0 Å². The number of carbonyl (C=O) groups is 2. The summed E-state index contributed by atoms with van der Waals surface area (Å²) in [5, 5.41) is 4.89. The van der Waals surface area contributed by atoms with Gasteiger partial charge in [-0.3, -0.25) is 9.59 Å². The summed E-state index contributed by atoms with van der Waals surface area (Å²) in [7, 11) is 1.50. The van der Waals surface area contributed by atoms with Crippen molar-refractivity contribution in [1.29, 1.82) is 0 Å². The third-order valence-electron chi connectivity index (χ3n) is 4.47. The fourth-order valence-electron chi connectivity index (χ4n) is 2.86. The molecule has 27 heavy (non-hydrogen) atoms. The summed E-state index contributed by atoms with van der Waals surface area (Å²) in [5.41, 5.74) is 7.43. The Morgan fingerprint density at radius 2 is 1.70 bits per heavy atom. The molecule has 6 nitrogen and oxygen atoms in total. The molecular weight excluding hydrogens is 342 g/mol. The Labute approximate surface area is 160 Å². The predicted octanol–water partition coefficient (Wildman–Crippen LogP) is 3.22. The fourth-order valence-corrected chi connectivity index (χ4v) is 2.86. The van der Waals surface area contributed by atoms with Crippen molar-refractivity contribution in [2.24, 2.45) is 5.73 Å². The second kappa shape index (κ2) is 11.2. The van der Waals surface area contributed by atoms with Gasteiger partial charge >= 0.3 is 0 Å². The van der Waals surface area contributed by atoms with Crippen LogP contribution in [0.5, 0.6) is 0 Å². The minimum atomic E-state index is -0.431. The van der Waals surface area contributed by atoms with Crippen molar-refractivity contribution in [2.45, 2.75) is 45.1 Å². The molecule has 0 bridgehead atoms. The van der Waals surface area contributed by atoms with Crippen molar-refractivity contribution in [3.8, 4) is 11.3 Å². The molecule has 1 aromatic heterocycles. The van der Waals surface area contributed by atoms with Crippen LogP contribution in [0.25, 0.3) is 11.3 Å². The molecule has 0 aliphatic heterocycles. The molecule has 1 aliphatic carbocycles. The normalized spacial score (nSPS) is 13.3. The quantitative estimate of drug-likeness (QED) is 0.752. The summed E-state index contributed by atoms with van der Waals surface area (Å²) < 4.78 is 5.51. The third-order valence-corrected chi connectivity index (χ3v) is 4.47. The van der Waals surface area contributed by atoms with Gasteiger partial charge in [-0.1, -0.05) is 56.7 Å². The van der Waals surface area contributed by atoms with E-state index in [0.29, 0.717) is 12.3 Å². The fraction of sp³-hybridized carbons (Fsp3) is 0.429. The Morgan fingerprint density at radius 1 is 1.04 bits per heavy atom. The van der Waals surface area contributed by atoms with E-state index in [-0.39, 0.29) is 18.2 Å². The predicted molar refractivity (Wildman–Crippen MR) is 106 cm³/mol. The lowest BCUT2D eigenvalue weighted by Gasteiger charge is -2.05. The molecule has 1 saturated carbocycles. The average Bonchev–Trinajstić information content (AvgIpc) is 3.24. The molecule has 1 heterocycles. The molecule has 3 rings (SSSR count). The van der Waals surface area contributed by atoms with Crippen molar-refractivity contribution in [3.63, 3.8) is 0 Å². The lowest BCUT2D eigenvalue weighted by molar-refractivity contribution is -0.119. The topological polar surface area (TPSA) is 97.4 Å². The van der Waals surface area contributed by atoms with Crippen LogP contribution in [0.1, 0.15) is 54.6 Å². The number of rotatable bonds is 5. The molecule has 146 valence electrons. The largest absolute Gasteiger partial charge is 0.451 e. The van der Waals surface area contributed by atoms with Crippen molar-refractivity contribution >= 4 is 11.8 Å². The van der Waals surface area contributed by atoms with Crippen LogP contribution in [0.15, 0.2) is 40.8 Å². The zero-order valence-electron chi connectivity index (χ0n) is 15.9. The smallest absolute Gasteiger partial charge is 0.287 e. The Morgan fingerprint density at radius 3 is 2.30 bits per heavy atom. The number of hydrogen-bond acceptors (Lipinski definition) is 4. The van der Waals surface area contributed by atoms with Crippen molar-refractivity contribution in [2.75, 3.05) is 13.6 Å². The summed E-state index contributed by atoms with van der Waals surface area (Å²) in [4.78, 5) is 22.9. The van der Waals surface area contributed by atoms with E-state index in [1.165, 1.54) is 45.6 Å². The summed E-state index contributed by atoms with van der Waals surface area (Å²) in [6.45, 7) is 0.349. The van der Waals surface area contributed by atoms with E-state index in [2.05, 4.69) is 10.6 Å². The highest BCUT2D eigenvalue weighted by atomic mass is 16.3. The van der Waals surface area contributed by atoms with E-state index >= 15 is 0 Å². The van der Waals surface area contributed by atoms with Gasteiger partial charge in [0.15, 0.2) is 5.76 Å². The van der Waals surface area contributed by atoms with Gasteiger partial charge in [-0.15, -0.1) is 0 Å². The average molecular weight is 371 g/mol. The van der Waals surface area contributed by atoms with E-state index < -0.39 is 5.91 Å². The molecule has 0 atom stereocenters. The Hall–Kier alpha value is -2.60. The van der Waals surface area contributed by atoms with Crippen LogP contribution in [-0.2, 0) is 11.3 Å². The van der Waals surface area contributed by atoms with Gasteiger partial charge in [-0.2, -0.15) is 0 Å². The highest BCUT2D eigenvalue weighted by Gasteiger charge is 2.13. The first kappa shape index (κ1) is 20.7. The lowest BCUT2D eigenvalue weighted by Crippen LogP contribution is -2.34. The monoisotopic (exact) mass is 371 g/mol. The van der Waals surface area contributed by atoms with Crippen LogP contribution >= 0.6 is 0 Å². The molecule has 2 amide bonds. The van der Waals surface area contributed by atoms with E-state index in [1.807, 2.05) is 24.3 Å². The molecule has 1 aromatic carbocycles. The van der Waals surface area contributed by atoms with Gasteiger partial charge in [0.1, 0.15) is 5.76 Å². The van der Waals surface area contributed by atoms with Gasteiger partial charge < -0.3 is 20.8 Å². The lowest BCUT2D eigenvalue weighted by atomic mass is 10.0. The number of benzene rings is 1. The number of nitrogens with two attached hydrogens (primary N) is 1. The highest BCUT2D eigenvalue weighted by Crippen LogP contribution is 2.23. The summed E-state index contributed by atoms with van der Waals surface area (Å²) in [5.74, 6) is 0.0352. The second-order valence-corrected chi connectivity index (χ2v) is 6.55. The first-order valence-corrected chi connectivity index (χ1v) is 9.52. The number of carbonyl (C=O) groups excluding carboxylic acids is 2. The SMILES string of the molecule is C1CCCCC1.CNC(=O)CNC(=O)c1ccc(-c2cccc(CN)c2)o1. The van der Waals surface area contributed by atoms with Crippen LogP contribution < -0.4 is 16.4 Å². The molecule has 0 saturated heterocycles. The molecular formula is C21H29N3O3. The van der Waals surface area contributed by atoms with Gasteiger partial charge in [0.2, 0.25) is 5.91 Å². The highest BCUT2D eigenvalue weighted by molar-refractivity contribution is 5.94. The molecule has 1 aliphatic rings. The number of nitrogens with one attached hydrogen (secondary N) is 2. The molecule has 1 fully saturated rings. The van der Waals surface area contributed by atoms with Crippen molar-refractivity contribution in [1.82, 2.24) is 10.6 Å². The van der Waals surface area contributed by atoms with E-state index in [1.54, 1.807) is 12.1 Å². The van der Waals surface area contributed by atoms with Gasteiger partial charge in [0, 0.05) is 19.2 Å². The molecule has 0 radical (unpaired) electrons. The second-order valence-electron chi connectivity index (χ2n) is 6.55. The number of furan rings is 1. The molecule has 4 N–H and O–H groups in total. The van der Waals surface area contributed by atoms with Crippen LogP contribution in [0.2, 0.25) is 0 Å². The zero-order chi connectivity index (χ0) is 19.5. The van der Waals surface area contributed by atoms with Gasteiger partial charge in [-0.25, -0.2) is 0 Å². The van der Waals surface area contributed by atoms with E-state index in [0.717, 1.165) is 11.1 Å². The van der Waals surface area contributed by atoms with E-state index in [9.17, 15) is 9.59 Å². The summed E-state index contributed by atoms with van der Waals surface area (Å²) in [6, 6.07) is 10.9. The standard InChI is InChI=1S/C15H17N3O3.C6H12/c1-17-14(19)9-18-15(20)13-6-5-12(21-13)11-4-2-3-10(7-11)8-16;1-2-4-6-5-3-1/h2-7H,8-9,16H2,1H3,(H,17,19)(H,18,20);1-6H2. The number of likely N-dealkylation sites (N-methyl/N-ethyl adjacent to an activating group) is 1. The van der Waals surface area contributed by atoms with E-state index in [4.69, 9.17) is 10.2 Å². The van der Waals surface area contributed by atoms with Crippen LogP contribution in [0.4, 0.5) is 0 Å². The van der Waals surface area contributed by atoms with Gasteiger partial charge in [-0.05, 0) is 23.8 Å². The van der Waals surface area contributed by atoms with Crippen LogP contribution in [-0.4, -0.2) is 25.4 Å². The minimum Gasteiger partial charge on any atom is -0.451 e. The first-order chi connectivity index (χ1) is 13.1. The zero-order valence-corrected chi connectivity index (χ0v) is 15.9. The first-order valence-electron chi connectivity index (χ1n) is 9.52. The molecule has 0 unspecified atom stereocenters. The maximum absolute atomic E-state index is 11.8. The maximum atomic E-state index is 11.8. The maximum Gasteiger partial charge on any atom is 0.287 e. The Balaban J connectivity index is 0.000000369. The third kappa shape index (κ3) is 6.90. The van der Waals surface area contributed by atoms with Crippen molar-refractivity contribution in [3.05, 3.63) is 47.7 Å². The molecule has 0 spiro atoms. The summed E-state index contributed by atoms with van der Waals surface area (Å²) in [6.07, 6.45) is 9.00. The number of hydrogen-bond donors (Lipinski definition) is 3. The molecule has 6 heteroatoms. The van der Waals surface area contributed by atoms with Crippen LogP contribution in [0.3, 0.4) is 0 Å². The Bertz CT molecular complexity index is 724. The molecule has 2 aromatic rings. The van der Waals surface area contributed by atoms with Crippen LogP contribution in [0, 0.1) is 0 Å². The summed E-state index contributed by atoms with van der Waals surface area (Å²) >= 11 is 0. The van der Waals surface area contributed by atoms with Gasteiger partial charge in [0.05, 0.1) is 6.54 Å². The van der Waals surface area contributed by atoms with Gasteiger partial charge in [0.25, 0.3) is 5.91 Å².